The number of nitrogens with zero attached hydrogens (tertiary/aromatic N) is 3. The summed E-state index contributed by atoms with van der Waals surface area (Å²) < 4.78 is 18.2. The number of fused-ring (bicyclic) bond motifs is 6. The summed E-state index contributed by atoms with van der Waals surface area (Å²) in [5, 5.41) is 9.55. The van der Waals surface area contributed by atoms with E-state index in [0.29, 0.717) is 11.8 Å². The molecule has 4 fully saturated rings. The molecule has 1 aromatic heterocycles. The highest BCUT2D eigenvalue weighted by Crippen LogP contribution is 2.70. The monoisotopic (exact) mass is 927 g/mol. The van der Waals surface area contributed by atoms with E-state index in [4.69, 9.17) is 0 Å². The molecule has 0 radical (unpaired) electrons. The Bertz CT molecular complexity index is 4120. The smallest absolute Gasteiger partial charge is 0.125 e. The minimum Gasteiger partial charge on any atom is -0.310 e. The molecule has 12 aromatic rings. The van der Waals surface area contributed by atoms with Gasteiger partial charge in [0.25, 0.3) is 0 Å². The number of rotatable bonds is 7. The van der Waals surface area contributed by atoms with Crippen molar-refractivity contribution >= 4 is 88.2 Å². The first kappa shape index (κ1) is 40.5. The molecule has 4 saturated carbocycles. The summed E-state index contributed by atoms with van der Waals surface area (Å²) in [6, 6.07) is 79.3. The van der Waals surface area contributed by atoms with E-state index >= 15 is 4.39 Å². The minimum absolute atomic E-state index is 0.0101. The summed E-state index contributed by atoms with van der Waals surface area (Å²) in [6.45, 7) is 0. The molecule has 1 heterocycles. The van der Waals surface area contributed by atoms with E-state index in [0.717, 1.165) is 57.0 Å². The standard InChI is InChI=1S/C68H50FN3/c69-48-13-11-18-51(40-48)72(64-24-12-22-59-67(64)54-20-7-9-21-58(54)68(59)46-36-42-35-43(38-46)39-47(68)37-42)62-33-28-45-25-30-55-61(32-27-44-26-31-56(62)66(45)65(44)55)70(49-14-3-1-4-15-49)52-29-34-63-57(41-52)53-19-8-10-23-60(53)71(63)50-16-5-2-6-17-50/h1-34,40-43,46-47H,35-39H2. The fourth-order valence-corrected chi connectivity index (χ4v) is 15.5. The third-order valence-electron chi connectivity index (χ3n) is 17.9. The Morgan fingerprint density at radius 3 is 1.72 bits per heavy atom. The van der Waals surface area contributed by atoms with Crippen molar-refractivity contribution in [2.75, 3.05) is 9.80 Å². The molecule has 0 amide bonds. The zero-order valence-corrected chi connectivity index (χ0v) is 39.8. The van der Waals surface area contributed by atoms with Crippen LogP contribution in [0.25, 0.3) is 70.9 Å². The van der Waals surface area contributed by atoms with Crippen LogP contribution >= 0.6 is 0 Å². The van der Waals surface area contributed by atoms with E-state index in [1.165, 1.54) is 103 Å². The second-order valence-corrected chi connectivity index (χ2v) is 21.4. The van der Waals surface area contributed by atoms with Gasteiger partial charge >= 0.3 is 0 Å². The Kier molecular flexibility index (Phi) is 8.52. The summed E-state index contributed by atoms with van der Waals surface area (Å²) in [7, 11) is 0. The first-order chi connectivity index (χ1) is 35.6. The van der Waals surface area contributed by atoms with Crippen molar-refractivity contribution in [3.05, 3.63) is 235 Å². The van der Waals surface area contributed by atoms with E-state index in [1.807, 2.05) is 6.07 Å². The summed E-state index contributed by atoms with van der Waals surface area (Å²) in [5.41, 5.74) is 15.5. The average Bonchev–Trinajstić information content (AvgIpc) is 3.92. The topological polar surface area (TPSA) is 11.4 Å². The third-order valence-corrected chi connectivity index (χ3v) is 17.9. The number of hydrogen-bond donors (Lipinski definition) is 0. The first-order valence-electron chi connectivity index (χ1n) is 26.0. The van der Waals surface area contributed by atoms with Crippen molar-refractivity contribution in [1.29, 1.82) is 0 Å². The van der Waals surface area contributed by atoms with Gasteiger partial charge in [0.1, 0.15) is 5.82 Å². The van der Waals surface area contributed by atoms with Gasteiger partial charge in [0.15, 0.2) is 0 Å². The first-order valence-corrected chi connectivity index (χ1v) is 26.0. The number of benzene rings is 11. The molecule has 4 heteroatoms. The van der Waals surface area contributed by atoms with Crippen LogP contribution in [0.15, 0.2) is 218 Å². The molecule has 17 rings (SSSR count). The van der Waals surface area contributed by atoms with Gasteiger partial charge in [0.05, 0.1) is 28.1 Å². The molecule has 1 spiro atoms. The maximum atomic E-state index is 15.8. The molecule has 0 saturated heterocycles. The molecular weight excluding hydrogens is 878 g/mol. The zero-order valence-electron chi connectivity index (χ0n) is 39.8. The normalized spacial score (nSPS) is 20.6. The van der Waals surface area contributed by atoms with Crippen molar-refractivity contribution in [1.82, 2.24) is 4.57 Å². The van der Waals surface area contributed by atoms with Gasteiger partial charge in [-0.3, -0.25) is 0 Å². The Balaban J connectivity index is 0.917. The van der Waals surface area contributed by atoms with Crippen LogP contribution < -0.4 is 9.80 Å². The molecule has 0 aliphatic heterocycles. The van der Waals surface area contributed by atoms with Crippen molar-refractivity contribution in [2.24, 2.45) is 23.7 Å². The Hall–Kier alpha value is -8.21. The summed E-state index contributed by atoms with van der Waals surface area (Å²) >= 11 is 0. The zero-order chi connectivity index (χ0) is 47.2. The number of halogens is 1. The summed E-state index contributed by atoms with van der Waals surface area (Å²) in [6.07, 6.45) is 6.72. The van der Waals surface area contributed by atoms with Crippen LogP contribution in [0.2, 0.25) is 0 Å². The van der Waals surface area contributed by atoms with Crippen molar-refractivity contribution in [2.45, 2.75) is 37.5 Å². The maximum Gasteiger partial charge on any atom is 0.125 e. The lowest BCUT2D eigenvalue weighted by molar-refractivity contribution is -0.0399. The molecule has 0 unspecified atom stereocenters. The summed E-state index contributed by atoms with van der Waals surface area (Å²) in [5.74, 6) is 2.76. The van der Waals surface area contributed by atoms with Crippen LogP contribution in [-0.4, -0.2) is 4.57 Å². The highest BCUT2D eigenvalue weighted by Gasteiger charge is 2.62. The SMILES string of the molecule is Fc1cccc(N(c2cccc3c2-c2ccccc2C32C3CC4CC(C3)CC2C4)c2ccc3ccc4c(N(c5ccccc5)c5ccc6c(c5)c5ccccc5n6-c5ccccc5)ccc5ccc2c3c54)c1. The minimum atomic E-state index is -0.242. The van der Waals surface area contributed by atoms with Gasteiger partial charge in [0, 0.05) is 55.3 Å². The molecule has 0 N–H and O–H groups in total. The Labute approximate surface area is 418 Å². The van der Waals surface area contributed by atoms with Gasteiger partial charge in [-0.1, -0.05) is 133 Å². The van der Waals surface area contributed by atoms with E-state index in [9.17, 15) is 0 Å². The van der Waals surface area contributed by atoms with E-state index < -0.39 is 0 Å². The molecule has 0 atom stereocenters. The highest BCUT2D eigenvalue weighted by molar-refractivity contribution is 6.28. The van der Waals surface area contributed by atoms with Crippen LogP contribution in [0.4, 0.5) is 38.5 Å². The number of aromatic nitrogens is 1. The van der Waals surface area contributed by atoms with Crippen molar-refractivity contribution in [3.8, 4) is 16.8 Å². The number of hydrogen-bond acceptors (Lipinski definition) is 2. The molecule has 3 nitrogen and oxygen atoms in total. The second-order valence-electron chi connectivity index (χ2n) is 21.4. The molecule has 4 bridgehead atoms. The van der Waals surface area contributed by atoms with E-state index in [-0.39, 0.29) is 11.2 Å². The third kappa shape index (κ3) is 5.55. The van der Waals surface area contributed by atoms with Crippen LogP contribution in [0, 0.1) is 29.5 Å². The molecule has 344 valence electrons. The van der Waals surface area contributed by atoms with Gasteiger partial charge in [-0.2, -0.15) is 0 Å². The molecule has 72 heavy (non-hydrogen) atoms. The number of anilines is 6. The van der Waals surface area contributed by atoms with Crippen LogP contribution in [-0.2, 0) is 5.41 Å². The maximum absolute atomic E-state index is 15.8. The average molecular weight is 928 g/mol. The predicted molar refractivity (Wildman–Crippen MR) is 297 cm³/mol. The van der Waals surface area contributed by atoms with E-state index in [2.05, 4.69) is 215 Å². The predicted octanol–water partition coefficient (Wildman–Crippen LogP) is 18.5. The lowest BCUT2D eigenvalue weighted by Gasteiger charge is -2.61. The molecule has 5 aliphatic rings. The largest absolute Gasteiger partial charge is 0.310 e. The molecule has 5 aliphatic carbocycles. The number of para-hydroxylation sites is 3. The van der Waals surface area contributed by atoms with Gasteiger partial charge < -0.3 is 14.4 Å². The van der Waals surface area contributed by atoms with Gasteiger partial charge in [-0.15, -0.1) is 0 Å². The van der Waals surface area contributed by atoms with Crippen LogP contribution in [0.5, 0.6) is 0 Å². The Morgan fingerprint density at radius 1 is 0.403 bits per heavy atom. The van der Waals surface area contributed by atoms with Crippen molar-refractivity contribution < 1.29 is 4.39 Å². The van der Waals surface area contributed by atoms with Crippen LogP contribution in [0.1, 0.15) is 43.2 Å². The lowest BCUT2D eigenvalue weighted by Crippen LogP contribution is -2.55. The lowest BCUT2D eigenvalue weighted by atomic mass is 9.43. The van der Waals surface area contributed by atoms with Crippen LogP contribution in [0.3, 0.4) is 0 Å². The fourth-order valence-electron chi connectivity index (χ4n) is 15.5. The van der Waals surface area contributed by atoms with E-state index in [1.54, 1.807) is 12.1 Å². The second kappa shape index (κ2) is 15.2. The molecular formula is C68H50FN3. The quantitative estimate of drug-likeness (QED) is 0.148. The molecule has 11 aromatic carbocycles. The van der Waals surface area contributed by atoms with Gasteiger partial charge in [-0.25, -0.2) is 4.39 Å². The highest BCUT2D eigenvalue weighted by atomic mass is 19.1. The summed E-state index contributed by atoms with van der Waals surface area (Å²) in [4.78, 5) is 4.82. The van der Waals surface area contributed by atoms with Gasteiger partial charge in [0.2, 0.25) is 0 Å². The fraction of sp³-hybridized carbons (Fsp3) is 0.147. The Morgan fingerprint density at radius 2 is 0.986 bits per heavy atom. The van der Waals surface area contributed by atoms with Crippen molar-refractivity contribution in [3.63, 3.8) is 0 Å². The van der Waals surface area contributed by atoms with Gasteiger partial charge in [-0.05, 0) is 179 Å².